The van der Waals surface area contributed by atoms with Crippen LogP contribution in [0.3, 0.4) is 0 Å². The Labute approximate surface area is 160 Å². The average molecular weight is 380 g/mol. The van der Waals surface area contributed by atoms with Crippen molar-refractivity contribution >= 4 is 22.2 Å². The van der Waals surface area contributed by atoms with Gasteiger partial charge in [-0.05, 0) is 44.5 Å². The van der Waals surface area contributed by atoms with E-state index in [2.05, 4.69) is 26.6 Å². The molecule has 8 heteroatoms. The van der Waals surface area contributed by atoms with E-state index in [0.29, 0.717) is 12.1 Å². The van der Waals surface area contributed by atoms with Crippen LogP contribution < -0.4 is 5.32 Å². The highest BCUT2D eigenvalue weighted by atomic mass is 32.1. The van der Waals surface area contributed by atoms with Gasteiger partial charge in [-0.2, -0.15) is 10.2 Å². The SMILES string of the molecule is Cc1cc(C)n(Cc2ccc(C(=O)N[C@H](C)c3cn4ncsc4n3)cc2)n1. The Morgan fingerprint density at radius 1 is 1.26 bits per heavy atom. The van der Waals surface area contributed by atoms with Gasteiger partial charge in [-0.25, -0.2) is 9.50 Å². The van der Waals surface area contributed by atoms with Gasteiger partial charge in [-0.3, -0.25) is 9.48 Å². The maximum atomic E-state index is 12.5. The van der Waals surface area contributed by atoms with E-state index in [-0.39, 0.29) is 11.9 Å². The molecule has 0 saturated carbocycles. The topological polar surface area (TPSA) is 77.1 Å². The molecule has 1 atom stereocenters. The fraction of sp³-hybridized carbons (Fsp3) is 0.263. The normalized spacial score (nSPS) is 12.4. The number of hydrogen-bond acceptors (Lipinski definition) is 5. The fourth-order valence-corrected chi connectivity index (χ4v) is 3.60. The zero-order valence-corrected chi connectivity index (χ0v) is 16.2. The first kappa shape index (κ1) is 17.4. The summed E-state index contributed by atoms with van der Waals surface area (Å²) in [6.45, 7) is 6.63. The third-order valence-electron chi connectivity index (χ3n) is 4.45. The van der Waals surface area contributed by atoms with Crippen molar-refractivity contribution in [2.24, 2.45) is 0 Å². The number of fused-ring (bicyclic) bond motifs is 1. The monoisotopic (exact) mass is 380 g/mol. The summed E-state index contributed by atoms with van der Waals surface area (Å²) in [5.74, 6) is -0.121. The number of carbonyl (C=O) groups is 1. The molecule has 4 rings (SSSR count). The van der Waals surface area contributed by atoms with Crippen molar-refractivity contribution in [2.75, 3.05) is 0 Å². The van der Waals surface area contributed by atoms with Crippen LogP contribution in [-0.4, -0.2) is 30.3 Å². The summed E-state index contributed by atoms with van der Waals surface area (Å²) >= 11 is 1.47. The highest BCUT2D eigenvalue weighted by Crippen LogP contribution is 2.16. The second kappa shape index (κ2) is 6.96. The molecule has 27 heavy (non-hydrogen) atoms. The molecule has 0 radical (unpaired) electrons. The quantitative estimate of drug-likeness (QED) is 0.577. The Bertz CT molecular complexity index is 1060. The van der Waals surface area contributed by atoms with Gasteiger partial charge in [0, 0.05) is 11.3 Å². The number of nitrogens with zero attached hydrogens (tertiary/aromatic N) is 5. The smallest absolute Gasteiger partial charge is 0.251 e. The lowest BCUT2D eigenvalue weighted by molar-refractivity contribution is 0.0939. The van der Waals surface area contributed by atoms with Gasteiger partial charge in [0.2, 0.25) is 4.96 Å². The van der Waals surface area contributed by atoms with Crippen molar-refractivity contribution in [3.05, 3.63) is 70.2 Å². The third-order valence-corrected chi connectivity index (χ3v) is 5.14. The molecule has 1 aromatic carbocycles. The summed E-state index contributed by atoms with van der Waals surface area (Å²) < 4.78 is 3.68. The zero-order chi connectivity index (χ0) is 19.0. The van der Waals surface area contributed by atoms with Crippen LogP contribution in [0.5, 0.6) is 0 Å². The Kier molecular flexibility index (Phi) is 4.49. The van der Waals surface area contributed by atoms with Gasteiger partial charge in [0.05, 0.1) is 30.2 Å². The summed E-state index contributed by atoms with van der Waals surface area (Å²) in [6.07, 6.45) is 1.84. The van der Waals surface area contributed by atoms with Crippen molar-refractivity contribution in [1.82, 2.24) is 29.7 Å². The minimum atomic E-state index is -0.194. The third kappa shape index (κ3) is 3.61. The van der Waals surface area contributed by atoms with Gasteiger partial charge in [0.1, 0.15) is 5.51 Å². The fourth-order valence-electron chi connectivity index (χ4n) is 2.99. The largest absolute Gasteiger partial charge is 0.344 e. The van der Waals surface area contributed by atoms with Crippen LogP contribution in [0.1, 0.15) is 46.0 Å². The van der Waals surface area contributed by atoms with Gasteiger partial charge in [-0.1, -0.05) is 23.5 Å². The van der Waals surface area contributed by atoms with E-state index < -0.39 is 0 Å². The second-order valence-corrected chi connectivity index (χ2v) is 7.42. The lowest BCUT2D eigenvalue weighted by Gasteiger charge is -2.12. The highest BCUT2D eigenvalue weighted by Gasteiger charge is 2.15. The molecular formula is C19H20N6OS. The lowest BCUT2D eigenvalue weighted by atomic mass is 10.1. The Morgan fingerprint density at radius 3 is 2.70 bits per heavy atom. The molecule has 0 aliphatic carbocycles. The van der Waals surface area contributed by atoms with E-state index in [1.165, 1.54) is 11.3 Å². The molecule has 3 aromatic heterocycles. The average Bonchev–Trinajstić information content (AvgIpc) is 3.30. The van der Waals surface area contributed by atoms with E-state index in [0.717, 1.165) is 27.6 Å². The maximum Gasteiger partial charge on any atom is 0.251 e. The summed E-state index contributed by atoms with van der Waals surface area (Å²) in [7, 11) is 0. The molecule has 0 aliphatic rings. The number of benzene rings is 1. The maximum absolute atomic E-state index is 12.5. The molecule has 0 fully saturated rings. The number of carbonyl (C=O) groups excluding carboxylic acids is 1. The van der Waals surface area contributed by atoms with Gasteiger partial charge < -0.3 is 5.32 Å². The molecule has 0 aliphatic heterocycles. The molecule has 3 heterocycles. The van der Waals surface area contributed by atoms with Crippen molar-refractivity contribution in [3.63, 3.8) is 0 Å². The van der Waals surface area contributed by atoms with Crippen LogP contribution in [0.25, 0.3) is 4.96 Å². The summed E-state index contributed by atoms with van der Waals surface area (Å²) in [6, 6.07) is 9.48. The van der Waals surface area contributed by atoms with Crippen LogP contribution in [0, 0.1) is 13.8 Å². The Balaban J connectivity index is 1.42. The van der Waals surface area contributed by atoms with Gasteiger partial charge in [0.25, 0.3) is 5.91 Å². The minimum absolute atomic E-state index is 0.121. The van der Waals surface area contributed by atoms with Crippen molar-refractivity contribution in [1.29, 1.82) is 0 Å². The van der Waals surface area contributed by atoms with E-state index in [9.17, 15) is 4.79 Å². The predicted octanol–water partition coefficient (Wildman–Crippen LogP) is 3.14. The number of rotatable bonds is 5. The Hall–Kier alpha value is -3.00. The number of amides is 1. The van der Waals surface area contributed by atoms with Gasteiger partial charge in [-0.15, -0.1) is 0 Å². The number of aryl methyl sites for hydroxylation is 2. The van der Waals surface area contributed by atoms with Crippen molar-refractivity contribution < 1.29 is 4.79 Å². The summed E-state index contributed by atoms with van der Waals surface area (Å²) in [5.41, 5.74) is 6.39. The first-order valence-electron chi connectivity index (χ1n) is 8.69. The first-order valence-corrected chi connectivity index (χ1v) is 9.57. The highest BCUT2D eigenvalue weighted by molar-refractivity contribution is 7.14. The van der Waals surface area contributed by atoms with E-state index in [4.69, 9.17) is 0 Å². The number of hydrogen-bond donors (Lipinski definition) is 1. The first-order chi connectivity index (χ1) is 13.0. The van der Waals surface area contributed by atoms with Gasteiger partial charge in [0.15, 0.2) is 0 Å². The molecule has 1 amide bonds. The Morgan fingerprint density at radius 2 is 2.04 bits per heavy atom. The number of aromatic nitrogens is 5. The van der Waals surface area contributed by atoms with E-state index in [1.807, 2.05) is 55.9 Å². The molecule has 7 nitrogen and oxygen atoms in total. The standard InChI is InChI=1S/C19H20N6OS/c1-12-8-13(2)24(23-12)9-15-4-6-16(7-5-15)18(26)21-14(3)17-10-25-19(22-17)27-11-20-25/h4-8,10-11,14H,9H2,1-3H3,(H,21,26)/t14-/m1/s1. The zero-order valence-electron chi connectivity index (χ0n) is 15.4. The van der Waals surface area contributed by atoms with Crippen LogP contribution in [0.4, 0.5) is 0 Å². The summed E-state index contributed by atoms with van der Waals surface area (Å²) in [4.78, 5) is 17.8. The molecule has 138 valence electrons. The van der Waals surface area contributed by atoms with Crippen LogP contribution in [-0.2, 0) is 6.54 Å². The van der Waals surface area contributed by atoms with Crippen LogP contribution in [0.15, 0.2) is 42.0 Å². The van der Waals surface area contributed by atoms with Crippen molar-refractivity contribution in [3.8, 4) is 0 Å². The molecule has 4 aromatic rings. The minimum Gasteiger partial charge on any atom is -0.344 e. The molecule has 0 saturated heterocycles. The van der Waals surface area contributed by atoms with E-state index >= 15 is 0 Å². The molecule has 0 spiro atoms. The van der Waals surface area contributed by atoms with Crippen LogP contribution in [0.2, 0.25) is 0 Å². The molecule has 0 bridgehead atoms. The van der Waals surface area contributed by atoms with Gasteiger partial charge >= 0.3 is 0 Å². The molecule has 1 N–H and O–H groups in total. The molecular weight excluding hydrogens is 360 g/mol. The lowest BCUT2D eigenvalue weighted by Crippen LogP contribution is -2.26. The summed E-state index contributed by atoms with van der Waals surface area (Å²) in [5, 5.41) is 11.6. The number of imidazole rings is 1. The van der Waals surface area contributed by atoms with Crippen LogP contribution >= 0.6 is 11.3 Å². The number of nitrogens with one attached hydrogen (secondary N) is 1. The van der Waals surface area contributed by atoms with Crippen molar-refractivity contribution in [2.45, 2.75) is 33.4 Å². The van der Waals surface area contributed by atoms with E-state index in [1.54, 1.807) is 10.0 Å². The molecule has 0 unspecified atom stereocenters. The predicted molar refractivity (Wildman–Crippen MR) is 104 cm³/mol. The second-order valence-electron chi connectivity index (χ2n) is 6.61.